The van der Waals surface area contributed by atoms with Crippen LogP contribution in [0.3, 0.4) is 0 Å². The van der Waals surface area contributed by atoms with Crippen LogP contribution in [0.25, 0.3) is 10.9 Å². The van der Waals surface area contributed by atoms with Crippen LogP contribution in [-0.4, -0.2) is 50.6 Å². The quantitative estimate of drug-likeness (QED) is 0.353. The van der Waals surface area contributed by atoms with E-state index in [1.165, 1.54) is 12.1 Å². The number of anilines is 1. The third-order valence-electron chi connectivity index (χ3n) is 8.51. The lowest BCUT2D eigenvalue weighted by molar-refractivity contribution is -0.141. The Labute approximate surface area is 251 Å². The number of carbonyl (C=O) groups is 1. The van der Waals surface area contributed by atoms with Gasteiger partial charge in [0.1, 0.15) is 23.7 Å². The number of halogens is 1. The van der Waals surface area contributed by atoms with Crippen molar-refractivity contribution in [1.29, 1.82) is 5.26 Å². The summed E-state index contributed by atoms with van der Waals surface area (Å²) in [5.74, 6) is -0.0118. The molecule has 9 nitrogen and oxygen atoms in total. The van der Waals surface area contributed by atoms with Gasteiger partial charge in [0.05, 0.1) is 16.8 Å². The zero-order valence-corrected chi connectivity index (χ0v) is 25.7. The molecule has 230 valence electrons. The minimum absolute atomic E-state index is 0.100. The Balaban J connectivity index is 0.000000197. The number of benzene rings is 2. The van der Waals surface area contributed by atoms with Crippen LogP contribution in [0.15, 0.2) is 47.3 Å². The molecule has 1 saturated carbocycles. The van der Waals surface area contributed by atoms with Gasteiger partial charge in [-0.2, -0.15) is 5.26 Å². The van der Waals surface area contributed by atoms with Crippen LogP contribution >= 0.6 is 0 Å². The van der Waals surface area contributed by atoms with Gasteiger partial charge in [0, 0.05) is 61.1 Å². The fraction of sp³-hybridized carbons (Fsp3) is 0.485. The van der Waals surface area contributed by atoms with E-state index in [2.05, 4.69) is 38.7 Å². The largest absolute Gasteiger partial charge is 0.489 e. The number of methoxy groups -OCH3 is 2. The van der Waals surface area contributed by atoms with Gasteiger partial charge in [-0.05, 0) is 55.7 Å². The van der Waals surface area contributed by atoms with E-state index in [0.717, 1.165) is 43.5 Å². The number of hydrogen-bond acceptors (Lipinski definition) is 7. The van der Waals surface area contributed by atoms with Crippen molar-refractivity contribution in [2.45, 2.75) is 59.4 Å². The number of amides is 1. The van der Waals surface area contributed by atoms with E-state index < -0.39 is 11.7 Å². The van der Waals surface area contributed by atoms with Crippen LogP contribution in [-0.2, 0) is 9.47 Å². The Bertz CT molecular complexity index is 1550. The van der Waals surface area contributed by atoms with E-state index in [9.17, 15) is 19.2 Å². The highest BCUT2D eigenvalue weighted by molar-refractivity contribution is 5.93. The fourth-order valence-electron chi connectivity index (χ4n) is 6.96. The van der Waals surface area contributed by atoms with Crippen LogP contribution in [0.1, 0.15) is 62.9 Å². The first kappa shape index (κ1) is 32.0. The number of nitrogens with one attached hydrogen (secondary N) is 1. The number of aromatic amines is 1. The van der Waals surface area contributed by atoms with Crippen molar-refractivity contribution in [2.75, 3.05) is 32.2 Å². The van der Waals surface area contributed by atoms with Gasteiger partial charge in [0.25, 0.3) is 0 Å². The molecule has 2 aliphatic rings. The van der Waals surface area contributed by atoms with E-state index in [-0.39, 0.29) is 34.3 Å². The van der Waals surface area contributed by atoms with Crippen molar-refractivity contribution in [3.05, 3.63) is 69.8 Å². The second kappa shape index (κ2) is 12.7. The van der Waals surface area contributed by atoms with Gasteiger partial charge < -0.3 is 29.8 Å². The number of nitrogens with zero attached hydrogens (tertiary/aromatic N) is 2. The Kier molecular flexibility index (Phi) is 9.47. The number of ether oxygens (including phenoxy) is 3. The standard InChI is InChI=1S/C18H20N2O2.C15H21FN2O3/c1-17(2)10-18(3,4)16(17)22-13-7-5-11(9-19)15-12(13)6-8-14(21)20-15;1-20-15(21-2)10-5-7-18(8-6-10)13-4-3-11(14(17)19)9-12(13)16/h5-8,16H,10H2,1-4H3,(H,20,21);3-4,9-10,15H,5-8H2,1-2H3,(H2,17,19). The van der Waals surface area contributed by atoms with E-state index in [0.29, 0.717) is 22.7 Å². The second-order valence-electron chi connectivity index (χ2n) is 12.7. The molecule has 5 rings (SSSR count). The van der Waals surface area contributed by atoms with Gasteiger partial charge >= 0.3 is 0 Å². The summed E-state index contributed by atoms with van der Waals surface area (Å²) in [6, 6.07) is 13.2. The summed E-state index contributed by atoms with van der Waals surface area (Å²) in [5.41, 5.74) is 6.85. The average Bonchev–Trinajstić information content (AvgIpc) is 2.96. The van der Waals surface area contributed by atoms with Crippen molar-refractivity contribution in [3.63, 3.8) is 0 Å². The molecule has 0 unspecified atom stereocenters. The molecule has 1 aliphatic carbocycles. The first-order valence-electron chi connectivity index (χ1n) is 14.4. The van der Waals surface area contributed by atoms with Crippen molar-refractivity contribution in [1.82, 2.24) is 4.98 Å². The van der Waals surface area contributed by atoms with Gasteiger partial charge in [-0.15, -0.1) is 0 Å². The van der Waals surface area contributed by atoms with Crippen LogP contribution in [0, 0.1) is 33.9 Å². The monoisotopic (exact) mass is 592 g/mol. The minimum atomic E-state index is -0.623. The lowest BCUT2D eigenvalue weighted by Gasteiger charge is -2.56. The molecule has 2 aromatic carbocycles. The third-order valence-corrected chi connectivity index (χ3v) is 8.51. The number of nitrogens with two attached hydrogens (primary N) is 1. The number of rotatable bonds is 7. The zero-order chi connectivity index (χ0) is 31.5. The summed E-state index contributed by atoms with van der Waals surface area (Å²) in [5, 5.41) is 9.99. The van der Waals surface area contributed by atoms with Crippen LogP contribution in [0.5, 0.6) is 5.75 Å². The third kappa shape index (κ3) is 6.84. The molecule has 2 heterocycles. The van der Waals surface area contributed by atoms with Gasteiger partial charge in [-0.25, -0.2) is 4.39 Å². The topological polar surface area (TPSA) is 131 Å². The number of primary amides is 1. The molecule has 1 saturated heterocycles. The smallest absolute Gasteiger partial charge is 0.248 e. The maximum absolute atomic E-state index is 14.1. The number of nitriles is 1. The van der Waals surface area contributed by atoms with Crippen LogP contribution in [0.2, 0.25) is 0 Å². The molecular formula is C33H41FN4O5. The molecule has 43 heavy (non-hydrogen) atoms. The normalized spacial score (nSPS) is 18.0. The van der Waals surface area contributed by atoms with Crippen molar-refractivity contribution >= 4 is 22.5 Å². The second-order valence-corrected chi connectivity index (χ2v) is 12.7. The highest BCUT2D eigenvalue weighted by atomic mass is 19.1. The minimum Gasteiger partial charge on any atom is -0.489 e. The molecule has 1 aliphatic heterocycles. The number of aromatic nitrogens is 1. The maximum Gasteiger partial charge on any atom is 0.248 e. The molecule has 2 fully saturated rings. The van der Waals surface area contributed by atoms with Gasteiger partial charge in [-0.1, -0.05) is 27.7 Å². The molecule has 0 radical (unpaired) electrons. The molecule has 1 aromatic heterocycles. The van der Waals surface area contributed by atoms with Crippen LogP contribution < -0.4 is 20.9 Å². The van der Waals surface area contributed by atoms with Gasteiger partial charge in [0.15, 0.2) is 6.29 Å². The lowest BCUT2D eigenvalue weighted by Crippen LogP contribution is -2.58. The fourth-order valence-corrected chi connectivity index (χ4v) is 6.96. The molecule has 10 heteroatoms. The van der Waals surface area contributed by atoms with Gasteiger partial charge in [0.2, 0.25) is 11.5 Å². The summed E-state index contributed by atoms with van der Waals surface area (Å²) in [6.45, 7) is 10.3. The van der Waals surface area contributed by atoms with Gasteiger partial charge in [-0.3, -0.25) is 9.59 Å². The Morgan fingerprint density at radius 3 is 2.26 bits per heavy atom. The zero-order valence-electron chi connectivity index (χ0n) is 25.7. The number of pyridine rings is 1. The predicted octanol–water partition coefficient (Wildman–Crippen LogP) is 5.36. The van der Waals surface area contributed by atoms with E-state index >= 15 is 0 Å². The molecule has 0 bridgehead atoms. The van der Waals surface area contributed by atoms with E-state index in [1.807, 2.05) is 11.0 Å². The number of fused-ring (bicyclic) bond motifs is 1. The Morgan fingerprint density at radius 1 is 1.07 bits per heavy atom. The molecule has 3 N–H and O–H groups in total. The molecule has 0 spiro atoms. The number of piperidine rings is 1. The first-order chi connectivity index (χ1) is 20.3. The number of H-pyrrole nitrogens is 1. The Morgan fingerprint density at radius 2 is 1.72 bits per heavy atom. The molecule has 3 aromatic rings. The summed E-state index contributed by atoms with van der Waals surface area (Å²) in [6.07, 6.45) is 2.72. The maximum atomic E-state index is 14.1. The number of carbonyl (C=O) groups excluding carboxylic acids is 1. The van der Waals surface area contributed by atoms with Crippen molar-refractivity contribution in [3.8, 4) is 11.8 Å². The first-order valence-corrected chi connectivity index (χ1v) is 14.4. The average molecular weight is 593 g/mol. The summed E-state index contributed by atoms with van der Waals surface area (Å²) < 4.78 is 30.9. The lowest BCUT2D eigenvalue weighted by atomic mass is 9.53. The molecule has 0 atom stereocenters. The molecule has 1 amide bonds. The summed E-state index contributed by atoms with van der Waals surface area (Å²) >= 11 is 0. The van der Waals surface area contributed by atoms with Crippen molar-refractivity contribution in [2.24, 2.45) is 22.5 Å². The number of hydrogen-bond donors (Lipinski definition) is 2. The summed E-state index contributed by atoms with van der Waals surface area (Å²) in [7, 11) is 3.26. The van der Waals surface area contributed by atoms with Crippen molar-refractivity contribution < 1.29 is 23.4 Å². The highest BCUT2D eigenvalue weighted by Gasteiger charge is 2.55. The SMILES string of the molecule is CC1(C)CC(C)(C)C1Oc1ccc(C#N)c2[nH]c(=O)ccc12.COC(OC)C1CCN(c2ccc(C(N)=O)cc2F)CC1. The van der Waals surface area contributed by atoms with E-state index in [1.54, 1.807) is 38.5 Å². The Hall–Kier alpha value is -3.94. The highest BCUT2D eigenvalue weighted by Crippen LogP contribution is 2.55. The predicted molar refractivity (Wildman–Crippen MR) is 164 cm³/mol. The van der Waals surface area contributed by atoms with Crippen LogP contribution in [0.4, 0.5) is 10.1 Å². The van der Waals surface area contributed by atoms with E-state index in [4.69, 9.17) is 19.9 Å². The summed E-state index contributed by atoms with van der Waals surface area (Å²) in [4.78, 5) is 27.3. The molecular weight excluding hydrogens is 551 g/mol.